The highest BCUT2D eigenvalue weighted by atomic mass is 16.5. The van der Waals surface area contributed by atoms with E-state index in [0.29, 0.717) is 41.0 Å². The molecule has 0 bridgehead atoms. The van der Waals surface area contributed by atoms with E-state index in [4.69, 9.17) is 9.47 Å². The number of benzene rings is 3. The van der Waals surface area contributed by atoms with Crippen molar-refractivity contribution in [2.45, 2.75) is 26.5 Å². The molecule has 2 heterocycles. The highest BCUT2D eigenvalue weighted by Crippen LogP contribution is 2.39. The number of nitrogens with zero attached hydrogens (tertiary/aromatic N) is 3. The van der Waals surface area contributed by atoms with E-state index in [1.165, 1.54) is 11.9 Å². The van der Waals surface area contributed by atoms with Gasteiger partial charge in [0.05, 0.1) is 18.4 Å². The summed E-state index contributed by atoms with van der Waals surface area (Å²) in [7, 11) is 1.57. The van der Waals surface area contributed by atoms with Crippen molar-refractivity contribution in [3.63, 3.8) is 0 Å². The molecule has 8 nitrogen and oxygen atoms in total. The number of allylic oxidation sites excluding steroid dienone is 1. The number of fused-ring (bicyclic) bond motifs is 1. The predicted octanol–water partition coefficient (Wildman–Crippen LogP) is 5.10. The lowest BCUT2D eigenvalue weighted by Crippen LogP contribution is -2.31. The molecule has 182 valence electrons. The summed E-state index contributed by atoms with van der Waals surface area (Å²) in [6.07, 6.45) is 1.47. The summed E-state index contributed by atoms with van der Waals surface area (Å²) in [6, 6.07) is 22.7. The molecule has 0 saturated carbocycles. The van der Waals surface area contributed by atoms with Gasteiger partial charge in [-0.25, -0.2) is 4.68 Å². The van der Waals surface area contributed by atoms with Crippen molar-refractivity contribution >= 4 is 17.5 Å². The van der Waals surface area contributed by atoms with Crippen LogP contribution in [-0.2, 0) is 11.4 Å². The average molecular weight is 482 g/mol. The van der Waals surface area contributed by atoms with Crippen molar-refractivity contribution < 1.29 is 14.3 Å². The van der Waals surface area contributed by atoms with Crippen molar-refractivity contribution in [3.05, 3.63) is 107 Å². The zero-order valence-electron chi connectivity index (χ0n) is 20.4. The molecule has 0 saturated heterocycles. The molecule has 1 amide bonds. The molecule has 1 unspecified atom stereocenters. The Kier molecular flexibility index (Phi) is 6.40. The number of ether oxygens (including phenoxy) is 2. The van der Waals surface area contributed by atoms with Crippen LogP contribution in [0.1, 0.15) is 29.7 Å². The van der Waals surface area contributed by atoms with Crippen molar-refractivity contribution in [1.82, 2.24) is 14.8 Å². The van der Waals surface area contributed by atoms with Gasteiger partial charge < -0.3 is 20.1 Å². The number of anilines is 2. The fraction of sp³-hybridized carbons (Fsp3) is 0.179. The molecule has 1 aliphatic heterocycles. The highest BCUT2D eigenvalue weighted by Gasteiger charge is 2.35. The Morgan fingerprint density at radius 1 is 1.00 bits per heavy atom. The second-order valence-electron chi connectivity index (χ2n) is 8.56. The number of hydrogen-bond donors (Lipinski definition) is 2. The monoisotopic (exact) mass is 481 g/mol. The van der Waals surface area contributed by atoms with Gasteiger partial charge in [0.15, 0.2) is 0 Å². The minimum Gasteiger partial charge on any atom is -0.495 e. The Bertz CT molecular complexity index is 1430. The number of nitrogens with one attached hydrogen (secondary N) is 2. The number of rotatable bonds is 7. The van der Waals surface area contributed by atoms with Crippen LogP contribution >= 0.6 is 0 Å². The zero-order valence-corrected chi connectivity index (χ0v) is 20.4. The third-order valence-electron chi connectivity index (χ3n) is 6.12. The Balaban J connectivity index is 1.52. The Hall–Kier alpha value is -4.59. The first-order chi connectivity index (χ1) is 17.5. The van der Waals surface area contributed by atoms with Gasteiger partial charge in [-0.2, -0.15) is 10.1 Å². The first kappa shape index (κ1) is 23.2. The van der Waals surface area contributed by atoms with E-state index in [2.05, 4.69) is 39.8 Å². The summed E-state index contributed by atoms with van der Waals surface area (Å²) >= 11 is 0. The van der Waals surface area contributed by atoms with E-state index >= 15 is 0 Å². The first-order valence-corrected chi connectivity index (χ1v) is 11.6. The summed E-state index contributed by atoms with van der Waals surface area (Å²) < 4.78 is 13.4. The molecule has 1 atom stereocenters. The van der Waals surface area contributed by atoms with Crippen LogP contribution in [0.3, 0.4) is 0 Å². The molecular weight excluding hydrogens is 454 g/mol. The number of hydrogen-bond acceptors (Lipinski definition) is 6. The summed E-state index contributed by atoms with van der Waals surface area (Å²) in [5, 5.41) is 10.6. The van der Waals surface area contributed by atoms with Crippen molar-refractivity contribution in [2.75, 3.05) is 17.7 Å². The van der Waals surface area contributed by atoms with Crippen LogP contribution in [0.15, 0.2) is 90.4 Å². The summed E-state index contributed by atoms with van der Waals surface area (Å²) in [5.41, 5.74) is 4.83. The second-order valence-corrected chi connectivity index (χ2v) is 8.56. The van der Waals surface area contributed by atoms with E-state index in [1.807, 2.05) is 55.5 Å². The number of aryl methyl sites for hydroxylation is 1. The summed E-state index contributed by atoms with van der Waals surface area (Å²) in [4.78, 5) is 18.1. The van der Waals surface area contributed by atoms with Crippen LogP contribution in [0.2, 0.25) is 0 Å². The number of aromatic nitrogens is 3. The van der Waals surface area contributed by atoms with Gasteiger partial charge >= 0.3 is 0 Å². The second kappa shape index (κ2) is 9.95. The number of amides is 1. The van der Waals surface area contributed by atoms with Gasteiger partial charge in [0.25, 0.3) is 5.91 Å². The minimum absolute atomic E-state index is 0.274. The standard InChI is InChI=1S/C28H27N5O3/c1-18-12-14-20(15-13-18)16-36-23-10-6-4-8-21(23)26-25(19(2)31-28-29-17-30-33(26)28)27(34)32-22-9-5-7-11-24(22)35-3/h4-15,17,26H,16H2,1-3H3,(H,32,34)(H,29,30,31). The van der Waals surface area contributed by atoms with E-state index in [0.717, 1.165) is 11.1 Å². The summed E-state index contributed by atoms with van der Waals surface area (Å²) in [5.74, 6) is 1.53. The zero-order chi connectivity index (χ0) is 25.1. The van der Waals surface area contributed by atoms with Crippen molar-refractivity contribution in [1.29, 1.82) is 0 Å². The van der Waals surface area contributed by atoms with Crippen LogP contribution < -0.4 is 20.1 Å². The molecule has 3 aromatic carbocycles. The van der Waals surface area contributed by atoms with E-state index in [1.54, 1.807) is 23.9 Å². The molecule has 5 rings (SSSR count). The van der Waals surface area contributed by atoms with Gasteiger partial charge in [0, 0.05) is 11.3 Å². The summed E-state index contributed by atoms with van der Waals surface area (Å²) in [6.45, 7) is 4.31. The molecule has 4 aromatic rings. The van der Waals surface area contributed by atoms with Gasteiger partial charge in [-0.1, -0.05) is 60.2 Å². The molecule has 1 aromatic heterocycles. The number of carbonyl (C=O) groups is 1. The maximum atomic E-state index is 13.7. The fourth-order valence-corrected chi connectivity index (χ4v) is 4.29. The third-order valence-corrected chi connectivity index (χ3v) is 6.12. The maximum Gasteiger partial charge on any atom is 0.255 e. The topological polar surface area (TPSA) is 90.3 Å². The Morgan fingerprint density at radius 3 is 2.50 bits per heavy atom. The van der Waals surface area contributed by atoms with Gasteiger partial charge in [0.2, 0.25) is 5.95 Å². The maximum absolute atomic E-state index is 13.7. The number of methoxy groups -OCH3 is 1. The van der Waals surface area contributed by atoms with E-state index in [-0.39, 0.29) is 5.91 Å². The molecule has 0 aliphatic carbocycles. The van der Waals surface area contributed by atoms with Gasteiger partial charge in [-0.15, -0.1) is 0 Å². The van der Waals surface area contributed by atoms with Gasteiger partial charge in [-0.3, -0.25) is 4.79 Å². The van der Waals surface area contributed by atoms with Crippen LogP contribution in [0.25, 0.3) is 0 Å². The van der Waals surface area contributed by atoms with Gasteiger partial charge in [-0.05, 0) is 37.6 Å². The Morgan fingerprint density at radius 2 is 1.72 bits per heavy atom. The number of para-hydroxylation sites is 3. The normalized spacial score (nSPS) is 14.6. The molecular formula is C28H27N5O3. The van der Waals surface area contributed by atoms with Crippen molar-refractivity contribution in [3.8, 4) is 11.5 Å². The van der Waals surface area contributed by atoms with Crippen LogP contribution in [0.4, 0.5) is 11.6 Å². The number of carbonyl (C=O) groups excluding carboxylic acids is 1. The highest BCUT2D eigenvalue weighted by molar-refractivity contribution is 6.06. The van der Waals surface area contributed by atoms with E-state index < -0.39 is 6.04 Å². The molecule has 0 radical (unpaired) electrons. The molecule has 8 heteroatoms. The molecule has 2 N–H and O–H groups in total. The lowest BCUT2D eigenvalue weighted by atomic mass is 9.94. The molecule has 1 aliphatic rings. The third kappa shape index (κ3) is 4.53. The van der Waals surface area contributed by atoms with Crippen LogP contribution in [-0.4, -0.2) is 27.8 Å². The van der Waals surface area contributed by atoms with Crippen LogP contribution in [0.5, 0.6) is 11.5 Å². The van der Waals surface area contributed by atoms with Crippen LogP contribution in [0, 0.1) is 6.92 Å². The Labute approximate surface area is 209 Å². The SMILES string of the molecule is COc1ccccc1NC(=O)C1=C(C)Nc2ncnn2C1c1ccccc1OCc1ccc(C)cc1. The first-order valence-electron chi connectivity index (χ1n) is 11.6. The molecule has 0 spiro atoms. The largest absolute Gasteiger partial charge is 0.495 e. The molecule has 0 fully saturated rings. The fourth-order valence-electron chi connectivity index (χ4n) is 4.29. The molecule has 36 heavy (non-hydrogen) atoms. The quantitative estimate of drug-likeness (QED) is 0.382. The van der Waals surface area contributed by atoms with E-state index in [9.17, 15) is 4.79 Å². The predicted molar refractivity (Wildman–Crippen MR) is 138 cm³/mol. The smallest absolute Gasteiger partial charge is 0.255 e. The lowest BCUT2D eigenvalue weighted by molar-refractivity contribution is -0.113. The minimum atomic E-state index is -0.548. The van der Waals surface area contributed by atoms with Crippen molar-refractivity contribution in [2.24, 2.45) is 0 Å². The van der Waals surface area contributed by atoms with Gasteiger partial charge in [0.1, 0.15) is 30.5 Å². The average Bonchev–Trinajstić information content (AvgIpc) is 3.36. The lowest BCUT2D eigenvalue weighted by Gasteiger charge is -2.30.